The number of sulfonamides is 1. The van der Waals surface area contributed by atoms with Crippen molar-refractivity contribution in [1.29, 1.82) is 0 Å². The molecule has 162 valence electrons. The Labute approximate surface area is 186 Å². The Morgan fingerprint density at radius 3 is 2.70 bits per heavy atom. The van der Waals surface area contributed by atoms with Crippen LogP contribution in [0.3, 0.4) is 0 Å². The lowest BCUT2D eigenvalue weighted by Crippen LogP contribution is -2.36. The van der Waals surface area contributed by atoms with E-state index in [0.717, 1.165) is 16.8 Å². The number of nitrogens with zero attached hydrogens (tertiary/aromatic N) is 3. The van der Waals surface area contributed by atoms with E-state index in [9.17, 15) is 13.2 Å². The van der Waals surface area contributed by atoms with Gasteiger partial charge in [0.25, 0.3) is 5.91 Å². The lowest BCUT2D eigenvalue weighted by atomic mass is 9.84. The van der Waals surface area contributed by atoms with E-state index in [2.05, 4.69) is 4.98 Å². The third-order valence-corrected chi connectivity index (χ3v) is 8.59. The Bertz CT molecular complexity index is 1070. The number of aromatic nitrogens is 1. The van der Waals surface area contributed by atoms with E-state index >= 15 is 0 Å². The van der Waals surface area contributed by atoms with Gasteiger partial charge in [-0.15, -0.1) is 0 Å². The summed E-state index contributed by atoms with van der Waals surface area (Å²) in [4.78, 5) is 19.7. The predicted octanol–water partition coefficient (Wildman–Crippen LogP) is 2.57. The van der Waals surface area contributed by atoms with Crippen molar-refractivity contribution < 1.29 is 13.2 Å². The molecule has 1 amide bonds. The van der Waals surface area contributed by atoms with Crippen LogP contribution in [0.4, 0.5) is 0 Å². The van der Waals surface area contributed by atoms with E-state index in [-0.39, 0.29) is 24.1 Å². The zero-order valence-corrected chi connectivity index (χ0v) is 19.0. The average Bonchev–Trinajstić information content (AvgIpc) is 3.17. The number of rotatable bonds is 5. The SMILES string of the molecule is Cc1nc2c(c(C3CC=C(Cl)C=C3Cl)c1CN)C(=O)N(CCN1CCCS1(=O)=O)C2. The molecule has 0 aromatic carbocycles. The second-order valence-electron chi connectivity index (χ2n) is 7.82. The summed E-state index contributed by atoms with van der Waals surface area (Å²) < 4.78 is 25.6. The number of aryl methyl sites for hydroxylation is 1. The molecule has 1 aromatic heterocycles. The number of amides is 1. The third-order valence-electron chi connectivity index (χ3n) is 6.00. The topological polar surface area (TPSA) is 96.6 Å². The zero-order chi connectivity index (χ0) is 21.6. The van der Waals surface area contributed by atoms with Crippen molar-refractivity contribution in [2.75, 3.05) is 25.4 Å². The van der Waals surface area contributed by atoms with Gasteiger partial charge in [0.1, 0.15) is 0 Å². The first kappa shape index (κ1) is 21.8. The van der Waals surface area contributed by atoms with Crippen LogP contribution in [0.5, 0.6) is 0 Å². The monoisotopic (exact) mass is 470 g/mol. The van der Waals surface area contributed by atoms with Crippen LogP contribution in [0.1, 0.15) is 51.6 Å². The third kappa shape index (κ3) is 3.80. The highest BCUT2D eigenvalue weighted by atomic mass is 35.5. The molecule has 1 atom stereocenters. The number of fused-ring (bicyclic) bond motifs is 1. The maximum atomic E-state index is 13.3. The molecule has 1 aliphatic carbocycles. The quantitative estimate of drug-likeness (QED) is 0.712. The summed E-state index contributed by atoms with van der Waals surface area (Å²) in [5, 5.41) is 1.15. The van der Waals surface area contributed by atoms with Gasteiger partial charge in [0, 0.05) is 47.9 Å². The van der Waals surface area contributed by atoms with Crippen LogP contribution in [0.2, 0.25) is 0 Å². The van der Waals surface area contributed by atoms with Crippen molar-refractivity contribution in [3.63, 3.8) is 0 Å². The van der Waals surface area contributed by atoms with Gasteiger partial charge in [-0.1, -0.05) is 29.3 Å². The van der Waals surface area contributed by atoms with E-state index in [0.29, 0.717) is 60.3 Å². The Hall–Kier alpha value is -1.45. The molecule has 2 aliphatic heterocycles. The number of hydrogen-bond acceptors (Lipinski definition) is 5. The standard InChI is InChI=1S/C20H24Cl2N4O3S/c1-12-15(10-23)18(14-4-3-13(21)9-16(14)22)19-17(24-12)11-25(20(19)27)6-7-26-5-2-8-30(26,28)29/h3,9,14H,2,4-8,10-11,23H2,1H3. The first-order chi connectivity index (χ1) is 14.2. The van der Waals surface area contributed by atoms with Crippen molar-refractivity contribution in [3.05, 3.63) is 50.3 Å². The minimum Gasteiger partial charge on any atom is -0.331 e. The summed E-state index contributed by atoms with van der Waals surface area (Å²) in [5.41, 5.74) is 9.71. The van der Waals surface area contributed by atoms with Gasteiger partial charge in [0.15, 0.2) is 0 Å². The van der Waals surface area contributed by atoms with Gasteiger partial charge in [0.2, 0.25) is 10.0 Å². The van der Waals surface area contributed by atoms with Gasteiger partial charge < -0.3 is 10.6 Å². The highest BCUT2D eigenvalue weighted by molar-refractivity contribution is 7.89. The number of nitrogens with two attached hydrogens (primary N) is 1. The second-order valence-corrected chi connectivity index (χ2v) is 10.8. The molecular weight excluding hydrogens is 447 g/mol. The summed E-state index contributed by atoms with van der Waals surface area (Å²) in [6.07, 6.45) is 4.80. The molecule has 3 aliphatic rings. The number of carbonyl (C=O) groups excluding carboxylic acids is 1. The largest absolute Gasteiger partial charge is 0.331 e. The van der Waals surface area contributed by atoms with Gasteiger partial charge in [-0.25, -0.2) is 12.7 Å². The molecular formula is C20H24Cl2N4O3S. The molecule has 10 heteroatoms. The van der Waals surface area contributed by atoms with Gasteiger partial charge in [-0.2, -0.15) is 0 Å². The van der Waals surface area contributed by atoms with Crippen LogP contribution >= 0.6 is 23.2 Å². The number of hydrogen-bond donors (Lipinski definition) is 1. The van der Waals surface area contributed by atoms with Crippen LogP contribution in [-0.2, 0) is 23.1 Å². The normalized spacial score (nSPS) is 23.5. The van der Waals surface area contributed by atoms with Crippen molar-refractivity contribution in [3.8, 4) is 0 Å². The summed E-state index contributed by atoms with van der Waals surface area (Å²) in [6, 6.07) is 0. The van der Waals surface area contributed by atoms with Crippen LogP contribution in [-0.4, -0.2) is 53.9 Å². The van der Waals surface area contributed by atoms with E-state index in [1.165, 1.54) is 4.31 Å². The van der Waals surface area contributed by atoms with Crippen molar-refractivity contribution in [2.24, 2.45) is 5.73 Å². The predicted molar refractivity (Wildman–Crippen MR) is 117 cm³/mol. The molecule has 1 unspecified atom stereocenters. The number of pyridine rings is 1. The average molecular weight is 471 g/mol. The van der Waals surface area contributed by atoms with E-state index in [1.807, 2.05) is 13.0 Å². The molecule has 30 heavy (non-hydrogen) atoms. The number of allylic oxidation sites excluding steroid dienone is 4. The maximum Gasteiger partial charge on any atom is 0.256 e. The molecule has 0 spiro atoms. The minimum atomic E-state index is -3.20. The summed E-state index contributed by atoms with van der Waals surface area (Å²) in [7, 11) is -3.20. The van der Waals surface area contributed by atoms with Crippen LogP contribution < -0.4 is 5.73 Å². The van der Waals surface area contributed by atoms with E-state index < -0.39 is 10.0 Å². The first-order valence-electron chi connectivity index (χ1n) is 9.95. The molecule has 0 saturated carbocycles. The van der Waals surface area contributed by atoms with E-state index in [1.54, 1.807) is 11.0 Å². The molecule has 3 heterocycles. The molecule has 1 aromatic rings. The van der Waals surface area contributed by atoms with Crippen molar-refractivity contribution >= 4 is 39.1 Å². The molecule has 1 saturated heterocycles. The van der Waals surface area contributed by atoms with E-state index in [4.69, 9.17) is 28.9 Å². The molecule has 0 radical (unpaired) electrons. The summed E-state index contributed by atoms with van der Waals surface area (Å²) in [5.74, 6) is -0.177. The minimum absolute atomic E-state index is 0.149. The molecule has 0 bridgehead atoms. The van der Waals surface area contributed by atoms with Gasteiger partial charge in [0.05, 0.1) is 23.6 Å². The lowest BCUT2D eigenvalue weighted by molar-refractivity contribution is 0.0770. The Morgan fingerprint density at radius 1 is 1.30 bits per heavy atom. The summed E-state index contributed by atoms with van der Waals surface area (Å²) >= 11 is 12.6. The Kier molecular flexibility index (Phi) is 5.98. The van der Waals surface area contributed by atoms with Gasteiger partial charge >= 0.3 is 0 Å². The zero-order valence-electron chi connectivity index (χ0n) is 16.7. The molecule has 7 nitrogen and oxygen atoms in total. The highest BCUT2D eigenvalue weighted by Gasteiger charge is 2.37. The first-order valence-corrected chi connectivity index (χ1v) is 12.3. The fourth-order valence-corrected chi connectivity index (χ4v) is 6.58. The highest BCUT2D eigenvalue weighted by Crippen LogP contribution is 2.42. The van der Waals surface area contributed by atoms with Gasteiger partial charge in [-0.05, 0) is 37.0 Å². The smallest absolute Gasteiger partial charge is 0.256 e. The Balaban J connectivity index is 1.66. The number of halogens is 2. The van der Waals surface area contributed by atoms with Gasteiger partial charge in [-0.3, -0.25) is 9.78 Å². The summed E-state index contributed by atoms with van der Waals surface area (Å²) in [6.45, 7) is 3.61. The Morgan fingerprint density at radius 2 is 2.07 bits per heavy atom. The fraction of sp³-hybridized carbons (Fsp3) is 0.500. The van der Waals surface area contributed by atoms with Crippen molar-refractivity contribution in [2.45, 2.75) is 38.8 Å². The maximum absolute atomic E-state index is 13.3. The fourth-order valence-electron chi connectivity index (χ4n) is 4.48. The molecule has 1 fully saturated rings. The van der Waals surface area contributed by atoms with Crippen molar-refractivity contribution in [1.82, 2.24) is 14.2 Å². The van der Waals surface area contributed by atoms with Crippen LogP contribution in [0, 0.1) is 6.92 Å². The second kappa shape index (κ2) is 8.24. The molecule has 2 N–H and O–H groups in total. The van der Waals surface area contributed by atoms with Crippen LogP contribution in [0.15, 0.2) is 22.2 Å². The lowest BCUT2D eigenvalue weighted by Gasteiger charge is -2.25. The number of carbonyl (C=O) groups is 1. The molecule has 4 rings (SSSR count). The van der Waals surface area contributed by atoms with Crippen LogP contribution in [0.25, 0.3) is 0 Å².